The summed E-state index contributed by atoms with van der Waals surface area (Å²) < 4.78 is 13.3. The van der Waals surface area contributed by atoms with Crippen LogP contribution in [-0.4, -0.2) is 53.2 Å². The Kier molecular flexibility index (Phi) is 5.79. The number of aromatic nitrogens is 2. The first-order chi connectivity index (χ1) is 12.0. The molecular formula is C19H31N3O3. The van der Waals surface area contributed by atoms with Gasteiger partial charge in [-0.15, -0.1) is 0 Å². The first kappa shape index (κ1) is 18.4. The van der Waals surface area contributed by atoms with Crippen LogP contribution < -0.4 is 0 Å². The fourth-order valence-corrected chi connectivity index (χ4v) is 3.88. The zero-order chi connectivity index (χ0) is 18.0. The average Bonchev–Trinajstić information content (AvgIpc) is 3.19. The first-order valence-electron chi connectivity index (χ1n) is 9.49. The monoisotopic (exact) mass is 349 g/mol. The molecular weight excluding hydrogens is 318 g/mol. The molecule has 0 aromatic carbocycles. The highest BCUT2D eigenvalue weighted by Gasteiger charge is 2.33. The first-order valence-corrected chi connectivity index (χ1v) is 9.49. The van der Waals surface area contributed by atoms with Crippen molar-refractivity contribution >= 4 is 5.91 Å². The second kappa shape index (κ2) is 7.87. The molecule has 3 rings (SSSR count). The number of hydrogen-bond acceptors (Lipinski definition) is 4. The van der Waals surface area contributed by atoms with Crippen LogP contribution in [0.15, 0.2) is 0 Å². The van der Waals surface area contributed by atoms with E-state index in [1.54, 1.807) is 0 Å². The van der Waals surface area contributed by atoms with Gasteiger partial charge in [0.15, 0.2) is 6.29 Å². The second-order valence-electron chi connectivity index (χ2n) is 7.75. The number of rotatable bonds is 5. The third-order valence-electron chi connectivity index (χ3n) is 5.24. The molecule has 1 aromatic heterocycles. The van der Waals surface area contributed by atoms with Crippen molar-refractivity contribution in [2.45, 2.75) is 59.8 Å². The summed E-state index contributed by atoms with van der Waals surface area (Å²) in [5, 5.41) is 4.63. The van der Waals surface area contributed by atoms with Crippen LogP contribution in [-0.2, 0) is 27.2 Å². The Morgan fingerprint density at radius 2 is 2.00 bits per heavy atom. The Morgan fingerprint density at radius 1 is 1.28 bits per heavy atom. The third kappa shape index (κ3) is 4.23. The molecule has 6 nitrogen and oxygen atoms in total. The molecule has 0 bridgehead atoms. The predicted molar refractivity (Wildman–Crippen MR) is 95.2 cm³/mol. The van der Waals surface area contributed by atoms with Crippen molar-refractivity contribution in [3.8, 4) is 0 Å². The summed E-state index contributed by atoms with van der Waals surface area (Å²) in [6, 6.07) is 0. The van der Waals surface area contributed by atoms with E-state index in [0.717, 1.165) is 49.4 Å². The van der Waals surface area contributed by atoms with E-state index in [4.69, 9.17) is 9.47 Å². The third-order valence-corrected chi connectivity index (χ3v) is 5.24. The summed E-state index contributed by atoms with van der Waals surface area (Å²) in [7, 11) is 0. The number of amides is 1. The quantitative estimate of drug-likeness (QED) is 0.818. The summed E-state index contributed by atoms with van der Waals surface area (Å²) >= 11 is 0. The molecule has 2 saturated heterocycles. The van der Waals surface area contributed by atoms with Crippen LogP contribution in [0, 0.1) is 25.7 Å². The number of aryl methyl sites for hydroxylation is 1. The van der Waals surface area contributed by atoms with Gasteiger partial charge in [0.05, 0.1) is 25.3 Å². The van der Waals surface area contributed by atoms with E-state index in [1.165, 1.54) is 0 Å². The van der Waals surface area contributed by atoms with Gasteiger partial charge >= 0.3 is 0 Å². The maximum Gasteiger partial charge on any atom is 0.227 e. The number of carbonyl (C=O) groups excluding carboxylic acids is 1. The lowest BCUT2D eigenvalue weighted by atomic mass is 9.96. The van der Waals surface area contributed by atoms with Crippen molar-refractivity contribution in [2.24, 2.45) is 11.8 Å². The fourth-order valence-electron chi connectivity index (χ4n) is 3.88. The molecule has 2 aliphatic rings. The highest BCUT2D eigenvalue weighted by Crippen LogP contribution is 2.26. The normalized spacial score (nSPS) is 22.1. The van der Waals surface area contributed by atoms with Crippen LogP contribution in [0.2, 0.25) is 0 Å². The van der Waals surface area contributed by atoms with Gasteiger partial charge in [-0.3, -0.25) is 9.48 Å². The molecule has 2 aliphatic heterocycles. The maximum atomic E-state index is 12.9. The van der Waals surface area contributed by atoms with Crippen molar-refractivity contribution in [3.05, 3.63) is 17.0 Å². The lowest BCUT2D eigenvalue weighted by Crippen LogP contribution is -2.44. The van der Waals surface area contributed by atoms with Gasteiger partial charge in [-0.1, -0.05) is 13.8 Å². The van der Waals surface area contributed by atoms with E-state index in [9.17, 15) is 4.79 Å². The average molecular weight is 349 g/mol. The summed E-state index contributed by atoms with van der Waals surface area (Å²) in [6.07, 6.45) is 2.39. The lowest BCUT2D eigenvalue weighted by Gasteiger charge is -2.34. The second-order valence-corrected chi connectivity index (χ2v) is 7.75. The van der Waals surface area contributed by atoms with Gasteiger partial charge in [0.1, 0.15) is 0 Å². The minimum atomic E-state index is -0.132. The van der Waals surface area contributed by atoms with E-state index in [0.29, 0.717) is 31.5 Å². The summed E-state index contributed by atoms with van der Waals surface area (Å²) in [5.41, 5.74) is 3.18. The molecule has 0 saturated carbocycles. The molecule has 3 heterocycles. The Morgan fingerprint density at radius 3 is 2.68 bits per heavy atom. The highest BCUT2D eigenvalue weighted by atomic mass is 16.7. The molecule has 1 unspecified atom stereocenters. The molecule has 0 spiro atoms. The highest BCUT2D eigenvalue weighted by molar-refractivity contribution is 5.79. The number of carbonyl (C=O) groups is 1. The van der Waals surface area contributed by atoms with E-state index >= 15 is 0 Å². The number of likely N-dealkylation sites (tertiary alicyclic amines) is 1. The number of nitrogens with zero attached hydrogens (tertiary/aromatic N) is 3. The molecule has 1 atom stereocenters. The largest absolute Gasteiger partial charge is 0.350 e. The van der Waals surface area contributed by atoms with Gasteiger partial charge in [0.2, 0.25) is 5.91 Å². The van der Waals surface area contributed by atoms with Crippen LogP contribution in [0.1, 0.15) is 43.6 Å². The van der Waals surface area contributed by atoms with Crippen molar-refractivity contribution < 1.29 is 14.3 Å². The Labute approximate surface area is 150 Å². The molecule has 2 fully saturated rings. The summed E-state index contributed by atoms with van der Waals surface area (Å²) in [5.74, 6) is 1.03. The van der Waals surface area contributed by atoms with E-state index < -0.39 is 0 Å². The summed E-state index contributed by atoms with van der Waals surface area (Å²) in [4.78, 5) is 14.9. The molecule has 0 radical (unpaired) electrons. The Balaban J connectivity index is 1.64. The molecule has 0 aliphatic carbocycles. The van der Waals surface area contributed by atoms with Crippen molar-refractivity contribution in [1.29, 1.82) is 0 Å². The Bertz CT molecular complexity index is 605. The van der Waals surface area contributed by atoms with Gasteiger partial charge < -0.3 is 14.4 Å². The van der Waals surface area contributed by atoms with E-state index in [-0.39, 0.29) is 12.2 Å². The van der Waals surface area contributed by atoms with Crippen LogP contribution in [0.3, 0.4) is 0 Å². The van der Waals surface area contributed by atoms with Gasteiger partial charge in [-0.2, -0.15) is 5.10 Å². The lowest BCUT2D eigenvalue weighted by molar-refractivity contribution is -0.138. The zero-order valence-corrected chi connectivity index (χ0v) is 16.0. The van der Waals surface area contributed by atoms with Crippen molar-refractivity contribution in [3.63, 3.8) is 0 Å². The minimum Gasteiger partial charge on any atom is -0.350 e. The van der Waals surface area contributed by atoms with Crippen LogP contribution in [0.25, 0.3) is 0 Å². The number of hydrogen-bond donors (Lipinski definition) is 0. The topological polar surface area (TPSA) is 56.6 Å². The Hall–Kier alpha value is -1.40. The van der Waals surface area contributed by atoms with Gasteiger partial charge in [-0.25, -0.2) is 0 Å². The maximum absolute atomic E-state index is 12.9. The number of ether oxygens (including phenoxy) is 2. The molecule has 1 amide bonds. The number of piperidine rings is 1. The van der Waals surface area contributed by atoms with Crippen molar-refractivity contribution in [1.82, 2.24) is 14.7 Å². The van der Waals surface area contributed by atoms with Crippen molar-refractivity contribution in [2.75, 3.05) is 26.3 Å². The molecule has 6 heteroatoms. The van der Waals surface area contributed by atoms with E-state index in [1.807, 2.05) is 16.5 Å². The van der Waals surface area contributed by atoms with Gasteiger partial charge in [0, 0.05) is 36.8 Å². The smallest absolute Gasteiger partial charge is 0.227 e. The van der Waals surface area contributed by atoms with Crippen LogP contribution in [0.5, 0.6) is 0 Å². The molecule has 1 aromatic rings. The minimum absolute atomic E-state index is 0.132. The van der Waals surface area contributed by atoms with E-state index in [2.05, 4.69) is 25.9 Å². The van der Waals surface area contributed by atoms with Crippen LogP contribution in [0.4, 0.5) is 0 Å². The van der Waals surface area contributed by atoms with Gasteiger partial charge in [-0.05, 0) is 32.6 Å². The van der Waals surface area contributed by atoms with Crippen LogP contribution >= 0.6 is 0 Å². The molecule has 25 heavy (non-hydrogen) atoms. The SMILES string of the molecule is Cc1nn(CC(C)C)c(C)c1CC(=O)N1CCCC(C2OCCO2)C1. The molecule has 140 valence electrons. The predicted octanol–water partition coefficient (Wildman–Crippen LogP) is 2.31. The summed E-state index contributed by atoms with van der Waals surface area (Å²) in [6.45, 7) is 12.2. The standard InChI is InChI=1S/C19H31N3O3/c1-13(2)11-22-15(4)17(14(3)20-22)10-18(23)21-7-5-6-16(12-21)19-24-8-9-25-19/h13,16,19H,5-12H2,1-4H3. The fraction of sp³-hybridized carbons (Fsp3) is 0.789. The molecule has 0 N–H and O–H groups in total. The van der Waals surface area contributed by atoms with Gasteiger partial charge in [0.25, 0.3) is 0 Å². The zero-order valence-electron chi connectivity index (χ0n) is 16.0.